The van der Waals surface area contributed by atoms with Crippen molar-refractivity contribution in [3.8, 4) is 5.69 Å². The molecule has 1 aliphatic rings. The van der Waals surface area contributed by atoms with Crippen LogP contribution in [0.4, 0.5) is 10.5 Å². The Bertz CT molecular complexity index is 1180. The first-order valence-electron chi connectivity index (χ1n) is 11.5. The quantitative estimate of drug-likeness (QED) is 0.551. The van der Waals surface area contributed by atoms with Gasteiger partial charge in [0, 0.05) is 41.1 Å². The number of carbonyl (C=O) groups is 2. The topological polar surface area (TPSA) is 79.3 Å². The first-order valence-corrected chi connectivity index (χ1v) is 11.9. The number of amides is 3. The summed E-state index contributed by atoms with van der Waals surface area (Å²) in [6.07, 6.45) is 1.77. The number of nitrogens with one attached hydrogen (secondary N) is 2. The van der Waals surface area contributed by atoms with E-state index < -0.39 is 0 Å². The number of likely N-dealkylation sites (tertiary alicyclic amines) is 1. The molecule has 0 radical (unpaired) electrons. The van der Waals surface area contributed by atoms with Crippen molar-refractivity contribution in [2.45, 2.75) is 46.1 Å². The number of rotatable bonds is 5. The van der Waals surface area contributed by atoms with Gasteiger partial charge in [-0.25, -0.2) is 9.48 Å². The molecule has 0 aliphatic carbocycles. The Hall–Kier alpha value is -3.32. The average molecular weight is 480 g/mol. The van der Waals surface area contributed by atoms with Gasteiger partial charge in [0.05, 0.1) is 17.8 Å². The first-order chi connectivity index (χ1) is 16.3. The van der Waals surface area contributed by atoms with Crippen molar-refractivity contribution in [1.29, 1.82) is 0 Å². The van der Waals surface area contributed by atoms with Crippen LogP contribution in [0, 0.1) is 20.8 Å². The van der Waals surface area contributed by atoms with Crippen LogP contribution in [-0.4, -0.2) is 45.8 Å². The van der Waals surface area contributed by atoms with Gasteiger partial charge in [-0.05, 0) is 63.4 Å². The normalized spacial score (nSPS) is 14.2. The predicted octanol–water partition coefficient (Wildman–Crippen LogP) is 4.81. The zero-order chi connectivity index (χ0) is 24.2. The molecule has 3 amide bonds. The fourth-order valence-corrected chi connectivity index (χ4v) is 4.48. The summed E-state index contributed by atoms with van der Waals surface area (Å²) in [5.41, 5.74) is 5.39. The molecule has 1 fully saturated rings. The van der Waals surface area contributed by atoms with Crippen LogP contribution in [0.1, 0.15) is 35.4 Å². The Morgan fingerprint density at radius 3 is 2.44 bits per heavy atom. The minimum absolute atomic E-state index is 0.0465. The number of nitrogens with zero attached hydrogens (tertiary/aromatic N) is 3. The fraction of sp³-hybridized carbons (Fsp3) is 0.346. The van der Waals surface area contributed by atoms with Gasteiger partial charge >= 0.3 is 6.03 Å². The number of anilines is 1. The molecule has 2 heterocycles. The summed E-state index contributed by atoms with van der Waals surface area (Å²) >= 11 is 6.30. The molecule has 0 atom stereocenters. The van der Waals surface area contributed by atoms with Gasteiger partial charge in [0.1, 0.15) is 0 Å². The van der Waals surface area contributed by atoms with E-state index in [-0.39, 0.29) is 18.0 Å². The number of urea groups is 1. The number of hydrogen-bond donors (Lipinski definition) is 2. The van der Waals surface area contributed by atoms with Gasteiger partial charge in [0.25, 0.3) is 0 Å². The lowest BCUT2D eigenvalue weighted by Gasteiger charge is -2.32. The van der Waals surface area contributed by atoms with Crippen LogP contribution in [-0.2, 0) is 11.2 Å². The molecule has 0 saturated carbocycles. The molecular weight excluding hydrogens is 450 g/mol. The van der Waals surface area contributed by atoms with E-state index in [1.807, 2.05) is 78.9 Å². The van der Waals surface area contributed by atoms with E-state index in [9.17, 15) is 9.59 Å². The smallest absolute Gasteiger partial charge is 0.319 e. The standard InChI is InChI=1S/C26H30ClN5O2/c1-17-9-10-22(15-24(17)27)32-19(3)23(18(2)30-32)16-25(33)31-13-11-21(12-14-31)29-26(34)28-20-7-5-4-6-8-20/h4-10,15,21H,11-14,16H2,1-3H3,(H2,28,29,34). The second kappa shape index (κ2) is 10.3. The fourth-order valence-electron chi connectivity index (χ4n) is 4.31. The van der Waals surface area contributed by atoms with Crippen LogP contribution in [0.2, 0.25) is 5.02 Å². The molecule has 4 rings (SSSR count). The van der Waals surface area contributed by atoms with Gasteiger partial charge in [-0.2, -0.15) is 5.10 Å². The van der Waals surface area contributed by atoms with Gasteiger partial charge < -0.3 is 15.5 Å². The minimum atomic E-state index is -0.217. The lowest BCUT2D eigenvalue weighted by molar-refractivity contribution is -0.131. The van der Waals surface area contributed by atoms with Crippen molar-refractivity contribution >= 4 is 29.2 Å². The van der Waals surface area contributed by atoms with Crippen molar-refractivity contribution in [3.63, 3.8) is 0 Å². The van der Waals surface area contributed by atoms with Crippen LogP contribution < -0.4 is 10.6 Å². The number of halogens is 1. The second-order valence-corrected chi connectivity index (χ2v) is 9.20. The Morgan fingerprint density at radius 2 is 1.76 bits per heavy atom. The number of hydrogen-bond acceptors (Lipinski definition) is 3. The number of para-hydroxylation sites is 1. The largest absolute Gasteiger partial charge is 0.342 e. The highest BCUT2D eigenvalue weighted by Crippen LogP contribution is 2.24. The van der Waals surface area contributed by atoms with E-state index in [2.05, 4.69) is 15.7 Å². The molecule has 34 heavy (non-hydrogen) atoms. The van der Waals surface area contributed by atoms with Crippen molar-refractivity contribution < 1.29 is 9.59 Å². The summed E-state index contributed by atoms with van der Waals surface area (Å²) in [7, 11) is 0. The zero-order valence-corrected chi connectivity index (χ0v) is 20.5. The molecular formula is C26H30ClN5O2. The van der Waals surface area contributed by atoms with E-state index in [1.165, 1.54) is 0 Å². The number of piperidine rings is 1. The maximum absolute atomic E-state index is 13.1. The Labute approximate surface area is 205 Å². The summed E-state index contributed by atoms with van der Waals surface area (Å²) in [5, 5.41) is 11.2. The highest BCUT2D eigenvalue weighted by atomic mass is 35.5. The molecule has 1 aromatic heterocycles. The van der Waals surface area contributed by atoms with E-state index in [4.69, 9.17) is 11.6 Å². The molecule has 3 aromatic rings. The molecule has 2 aromatic carbocycles. The van der Waals surface area contributed by atoms with Crippen LogP contribution in [0.5, 0.6) is 0 Å². The van der Waals surface area contributed by atoms with Crippen molar-refractivity contribution in [1.82, 2.24) is 20.0 Å². The third-order valence-electron chi connectivity index (χ3n) is 6.38. The van der Waals surface area contributed by atoms with Gasteiger partial charge in [0.15, 0.2) is 0 Å². The lowest BCUT2D eigenvalue weighted by atomic mass is 10.0. The number of carbonyl (C=O) groups excluding carboxylic acids is 2. The molecule has 2 N–H and O–H groups in total. The molecule has 8 heteroatoms. The Morgan fingerprint density at radius 1 is 1.06 bits per heavy atom. The molecule has 1 aliphatic heterocycles. The van der Waals surface area contributed by atoms with E-state index >= 15 is 0 Å². The minimum Gasteiger partial charge on any atom is -0.342 e. The van der Waals surface area contributed by atoms with E-state index in [0.717, 1.165) is 46.7 Å². The van der Waals surface area contributed by atoms with Crippen LogP contribution in [0.3, 0.4) is 0 Å². The molecule has 0 spiro atoms. The van der Waals surface area contributed by atoms with Crippen LogP contribution >= 0.6 is 11.6 Å². The molecule has 0 unspecified atom stereocenters. The van der Waals surface area contributed by atoms with Crippen molar-refractivity contribution in [3.05, 3.63) is 76.1 Å². The van der Waals surface area contributed by atoms with Gasteiger partial charge in [-0.15, -0.1) is 0 Å². The predicted molar refractivity (Wildman–Crippen MR) is 135 cm³/mol. The molecule has 7 nitrogen and oxygen atoms in total. The Balaban J connectivity index is 1.33. The number of aromatic nitrogens is 2. The summed E-state index contributed by atoms with van der Waals surface area (Å²) < 4.78 is 1.85. The van der Waals surface area contributed by atoms with Gasteiger partial charge in [-0.3, -0.25) is 4.79 Å². The van der Waals surface area contributed by atoms with Crippen molar-refractivity contribution in [2.75, 3.05) is 18.4 Å². The summed E-state index contributed by atoms with van der Waals surface area (Å²) in [6.45, 7) is 7.12. The molecule has 1 saturated heterocycles. The average Bonchev–Trinajstić information content (AvgIpc) is 3.10. The maximum Gasteiger partial charge on any atom is 0.319 e. The van der Waals surface area contributed by atoms with Crippen LogP contribution in [0.15, 0.2) is 48.5 Å². The SMILES string of the molecule is Cc1ccc(-n2nc(C)c(CC(=O)N3CCC(NC(=O)Nc4ccccc4)CC3)c2C)cc1Cl. The third kappa shape index (κ3) is 5.42. The van der Waals surface area contributed by atoms with Crippen LogP contribution in [0.25, 0.3) is 5.69 Å². The highest BCUT2D eigenvalue weighted by molar-refractivity contribution is 6.31. The first kappa shape index (κ1) is 23.8. The van der Waals surface area contributed by atoms with Gasteiger partial charge in [-0.1, -0.05) is 35.9 Å². The number of aryl methyl sites for hydroxylation is 2. The molecule has 178 valence electrons. The van der Waals surface area contributed by atoms with Gasteiger partial charge in [0.2, 0.25) is 5.91 Å². The summed E-state index contributed by atoms with van der Waals surface area (Å²) in [4.78, 5) is 27.2. The lowest BCUT2D eigenvalue weighted by Crippen LogP contribution is -2.48. The van der Waals surface area contributed by atoms with E-state index in [1.54, 1.807) is 0 Å². The summed E-state index contributed by atoms with van der Waals surface area (Å²) in [5.74, 6) is 0.0832. The maximum atomic E-state index is 13.1. The highest BCUT2D eigenvalue weighted by Gasteiger charge is 2.25. The zero-order valence-electron chi connectivity index (χ0n) is 19.8. The Kier molecular flexibility index (Phi) is 7.22. The second-order valence-electron chi connectivity index (χ2n) is 8.79. The monoisotopic (exact) mass is 479 g/mol. The third-order valence-corrected chi connectivity index (χ3v) is 6.79. The number of benzene rings is 2. The molecule has 0 bridgehead atoms. The van der Waals surface area contributed by atoms with E-state index in [0.29, 0.717) is 24.5 Å². The van der Waals surface area contributed by atoms with Crippen molar-refractivity contribution in [2.24, 2.45) is 0 Å². The summed E-state index contributed by atoms with van der Waals surface area (Å²) in [6, 6.07) is 15.0.